The van der Waals surface area contributed by atoms with E-state index in [1.54, 1.807) is 19.5 Å². The lowest BCUT2D eigenvalue weighted by Crippen LogP contribution is -2.28. The van der Waals surface area contributed by atoms with Gasteiger partial charge in [0.05, 0.1) is 7.11 Å². The number of benzene rings is 1. The van der Waals surface area contributed by atoms with Gasteiger partial charge in [0.25, 0.3) is 0 Å². The van der Waals surface area contributed by atoms with Gasteiger partial charge in [0.15, 0.2) is 0 Å². The molecule has 0 aliphatic carbocycles. The Balaban J connectivity index is 1.99. The van der Waals surface area contributed by atoms with E-state index in [0.29, 0.717) is 18.2 Å². The Morgan fingerprint density at radius 3 is 2.64 bits per heavy atom. The number of rotatable bonds is 4. The molecule has 0 saturated carbocycles. The van der Waals surface area contributed by atoms with Gasteiger partial charge in [-0.15, -0.1) is 0 Å². The van der Waals surface area contributed by atoms with Crippen LogP contribution in [0.5, 0.6) is 5.88 Å². The summed E-state index contributed by atoms with van der Waals surface area (Å²) in [5.41, 5.74) is 3.16. The Morgan fingerprint density at radius 1 is 1.12 bits per heavy atom. The molecule has 6 heteroatoms. The molecule has 0 atom stereocenters. The van der Waals surface area contributed by atoms with E-state index < -0.39 is 0 Å². The summed E-state index contributed by atoms with van der Waals surface area (Å²) in [7, 11) is 1.60. The van der Waals surface area contributed by atoms with Crippen molar-refractivity contribution in [1.29, 1.82) is 0 Å². The summed E-state index contributed by atoms with van der Waals surface area (Å²) in [6.07, 6.45) is 3.57. The van der Waals surface area contributed by atoms with Gasteiger partial charge in [-0.3, -0.25) is 5.32 Å². The van der Waals surface area contributed by atoms with Crippen molar-refractivity contribution in [3.8, 4) is 17.0 Å². The van der Waals surface area contributed by atoms with E-state index in [1.165, 1.54) is 0 Å². The minimum Gasteiger partial charge on any atom is -0.481 e. The standard InChI is InChI=1S/C19H20N4O2/c1-4-20-19(24)23-17-9-15-8-14(7-12(2)16(15)11-21-17)13-5-6-18(25-3)22-10-13/h5-11H,4H2,1-3H3,(H2,20,21,23,24). The Bertz CT molecular complexity index is 907. The number of carbonyl (C=O) groups excluding carboxylic acids is 1. The molecule has 0 unspecified atom stereocenters. The van der Waals surface area contributed by atoms with Crippen LogP contribution >= 0.6 is 0 Å². The van der Waals surface area contributed by atoms with Crippen LogP contribution in [0.2, 0.25) is 0 Å². The molecule has 0 aliphatic rings. The van der Waals surface area contributed by atoms with Gasteiger partial charge in [0.2, 0.25) is 5.88 Å². The molecule has 25 heavy (non-hydrogen) atoms. The second kappa shape index (κ2) is 7.17. The number of nitrogens with zero attached hydrogens (tertiary/aromatic N) is 2. The SMILES string of the molecule is CCNC(=O)Nc1cc2cc(-c3ccc(OC)nc3)cc(C)c2cn1. The normalized spacial score (nSPS) is 10.5. The maximum atomic E-state index is 11.7. The number of fused-ring (bicyclic) bond motifs is 1. The lowest BCUT2D eigenvalue weighted by Gasteiger charge is -2.10. The van der Waals surface area contributed by atoms with Crippen molar-refractivity contribution >= 4 is 22.6 Å². The molecule has 3 rings (SSSR count). The molecule has 0 radical (unpaired) electrons. The highest BCUT2D eigenvalue weighted by atomic mass is 16.5. The highest BCUT2D eigenvalue weighted by molar-refractivity contribution is 5.94. The molecule has 6 nitrogen and oxygen atoms in total. The van der Waals surface area contributed by atoms with E-state index in [0.717, 1.165) is 27.5 Å². The van der Waals surface area contributed by atoms with E-state index in [4.69, 9.17) is 4.74 Å². The average Bonchev–Trinajstić information content (AvgIpc) is 2.61. The minimum atomic E-state index is -0.262. The molecular weight excluding hydrogens is 316 g/mol. The quantitative estimate of drug-likeness (QED) is 0.761. The Kier molecular flexibility index (Phi) is 4.79. The Hall–Kier alpha value is -3.15. The fourth-order valence-corrected chi connectivity index (χ4v) is 2.67. The molecule has 2 aromatic heterocycles. The van der Waals surface area contributed by atoms with Crippen molar-refractivity contribution in [3.63, 3.8) is 0 Å². The van der Waals surface area contributed by atoms with Gasteiger partial charge in [-0.05, 0) is 48.6 Å². The van der Waals surface area contributed by atoms with E-state index in [1.807, 2.05) is 32.0 Å². The monoisotopic (exact) mass is 336 g/mol. The van der Waals surface area contributed by atoms with E-state index in [2.05, 4.69) is 32.7 Å². The second-order valence-electron chi connectivity index (χ2n) is 5.66. The van der Waals surface area contributed by atoms with Crippen LogP contribution in [0, 0.1) is 6.92 Å². The number of urea groups is 1. The summed E-state index contributed by atoms with van der Waals surface area (Å²) in [6, 6.07) is 9.59. The van der Waals surface area contributed by atoms with Gasteiger partial charge in [-0.1, -0.05) is 6.07 Å². The number of anilines is 1. The first-order chi connectivity index (χ1) is 12.1. The van der Waals surface area contributed by atoms with Crippen molar-refractivity contribution in [2.75, 3.05) is 19.0 Å². The summed E-state index contributed by atoms with van der Waals surface area (Å²) in [4.78, 5) is 20.3. The highest BCUT2D eigenvalue weighted by Gasteiger charge is 2.07. The topological polar surface area (TPSA) is 76.1 Å². The zero-order valence-electron chi connectivity index (χ0n) is 14.5. The number of aryl methyl sites for hydroxylation is 1. The third-order valence-corrected chi connectivity index (χ3v) is 3.90. The number of ether oxygens (including phenoxy) is 1. The van der Waals surface area contributed by atoms with Crippen molar-refractivity contribution in [3.05, 3.63) is 48.3 Å². The highest BCUT2D eigenvalue weighted by Crippen LogP contribution is 2.28. The molecule has 2 N–H and O–H groups in total. The van der Waals surface area contributed by atoms with Crippen molar-refractivity contribution in [2.45, 2.75) is 13.8 Å². The van der Waals surface area contributed by atoms with E-state index >= 15 is 0 Å². The van der Waals surface area contributed by atoms with Crippen molar-refractivity contribution < 1.29 is 9.53 Å². The first-order valence-electron chi connectivity index (χ1n) is 8.06. The predicted molar refractivity (Wildman–Crippen MR) is 99.0 cm³/mol. The number of carbonyl (C=O) groups is 1. The predicted octanol–water partition coefficient (Wildman–Crippen LogP) is 3.76. The van der Waals surface area contributed by atoms with E-state index in [9.17, 15) is 4.79 Å². The summed E-state index contributed by atoms with van der Waals surface area (Å²) >= 11 is 0. The van der Waals surface area contributed by atoms with Gasteiger partial charge < -0.3 is 10.1 Å². The summed E-state index contributed by atoms with van der Waals surface area (Å²) in [5, 5.41) is 7.48. The number of amides is 2. The largest absolute Gasteiger partial charge is 0.481 e. The van der Waals surface area contributed by atoms with Crippen LogP contribution in [-0.2, 0) is 0 Å². The Labute approximate surface area is 146 Å². The molecule has 0 saturated heterocycles. The van der Waals surface area contributed by atoms with Crippen LogP contribution in [-0.4, -0.2) is 29.7 Å². The molecule has 0 aliphatic heterocycles. The summed E-state index contributed by atoms with van der Waals surface area (Å²) in [6.45, 7) is 4.47. The maximum absolute atomic E-state index is 11.7. The van der Waals surface area contributed by atoms with Crippen LogP contribution in [0.1, 0.15) is 12.5 Å². The summed E-state index contributed by atoms with van der Waals surface area (Å²) in [5.74, 6) is 1.10. The molecular formula is C19H20N4O2. The third kappa shape index (κ3) is 3.68. The van der Waals surface area contributed by atoms with Crippen LogP contribution in [0.4, 0.5) is 10.6 Å². The second-order valence-corrected chi connectivity index (χ2v) is 5.66. The molecule has 2 heterocycles. The van der Waals surface area contributed by atoms with Gasteiger partial charge >= 0.3 is 6.03 Å². The molecule has 2 amide bonds. The van der Waals surface area contributed by atoms with Gasteiger partial charge in [-0.25, -0.2) is 14.8 Å². The zero-order valence-corrected chi connectivity index (χ0v) is 14.5. The fourth-order valence-electron chi connectivity index (χ4n) is 2.67. The van der Waals surface area contributed by atoms with Gasteiger partial charge in [0, 0.05) is 36.0 Å². The molecule has 3 aromatic rings. The number of hydrogen-bond donors (Lipinski definition) is 2. The molecule has 0 fully saturated rings. The van der Waals surface area contributed by atoms with Crippen LogP contribution in [0.25, 0.3) is 21.9 Å². The molecule has 0 bridgehead atoms. The summed E-state index contributed by atoms with van der Waals surface area (Å²) < 4.78 is 5.11. The van der Waals surface area contributed by atoms with Crippen molar-refractivity contribution in [1.82, 2.24) is 15.3 Å². The number of aromatic nitrogens is 2. The molecule has 1 aromatic carbocycles. The average molecular weight is 336 g/mol. The van der Waals surface area contributed by atoms with Crippen LogP contribution in [0.3, 0.4) is 0 Å². The number of hydrogen-bond acceptors (Lipinski definition) is 4. The van der Waals surface area contributed by atoms with Crippen molar-refractivity contribution in [2.24, 2.45) is 0 Å². The number of nitrogens with one attached hydrogen (secondary N) is 2. The smallest absolute Gasteiger partial charge is 0.320 e. The third-order valence-electron chi connectivity index (χ3n) is 3.90. The molecule has 0 spiro atoms. The molecule has 128 valence electrons. The van der Waals surface area contributed by atoms with Crippen LogP contribution < -0.4 is 15.4 Å². The fraction of sp³-hybridized carbons (Fsp3) is 0.211. The lowest BCUT2D eigenvalue weighted by molar-refractivity contribution is 0.252. The van der Waals surface area contributed by atoms with Gasteiger partial charge in [-0.2, -0.15) is 0 Å². The first kappa shape index (κ1) is 16.7. The van der Waals surface area contributed by atoms with Crippen LogP contribution in [0.15, 0.2) is 42.7 Å². The first-order valence-corrected chi connectivity index (χ1v) is 8.06. The Morgan fingerprint density at radius 2 is 1.96 bits per heavy atom. The van der Waals surface area contributed by atoms with E-state index in [-0.39, 0.29) is 6.03 Å². The van der Waals surface area contributed by atoms with Gasteiger partial charge in [0.1, 0.15) is 5.82 Å². The zero-order chi connectivity index (χ0) is 17.8. The minimum absolute atomic E-state index is 0.262. The number of pyridine rings is 2. The maximum Gasteiger partial charge on any atom is 0.320 e. The number of methoxy groups -OCH3 is 1. The lowest BCUT2D eigenvalue weighted by atomic mass is 9.99.